The molecule has 1 heterocycles. The van der Waals surface area contributed by atoms with Gasteiger partial charge in [-0.15, -0.1) is 0 Å². The number of nitrogens with zero attached hydrogens (tertiary/aromatic N) is 1. The molecule has 0 aromatic heterocycles. The van der Waals surface area contributed by atoms with E-state index in [1.807, 2.05) is 0 Å². The van der Waals surface area contributed by atoms with E-state index in [0.717, 1.165) is 6.04 Å². The Morgan fingerprint density at radius 2 is 1.94 bits per heavy atom. The summed E-state index contributed by atoms with van der Waals surface area (Å²) in [5, 5.41) is 0. The van der Waals surface area contributed by atoms with E-state index in [1.165, 1.54) is 45.1 Å². The van der Waals surface area contributed by atoms with Crippen LogP contribution in [0.4, 0.5) is 0 Å². The first-order valence-corrected chi connectivity index (χ1v) is 7.31. The highest BCUT2D eigenvalue weighted by atomic mass is 15.2. The Hall–Kier alpha value is -0.0400. The summed E-state index contributed by atoms with van der Waals surface area (Å²) in [4.78, 5) is 2.77. The van der Waals surface area contributed by atoms with Crippen LogP contribution in [0.1, 0.15) is 73.1 Å². The topological polar surface area (TPSA) is 3.24 Å². The van der Waals surface area contributed by atoms with Crippen LogP contribution in [0.3, 0.4) is 0 Å². The normalized spacial score (nSPS) is 27.0. The van der Waals surface area contributed by atoms with Crippen LogP contribution in [0.25, 0.3) is 0 Å². The predicted molar refractivity (Wildman–Crippen MR) is 72.8 cm³/mol. The van der Waals surface area contributed by atoms with Gasteiger partial charge in [-0.2, -0.15) is 0 Å². The third kappa shape index (κ3) is 3.00. The molecule has 1 heteroatoms. The van der Waals surface area contributed by atoms with Crippen molar-refractivity contribution in [3.8, 4) is 0 Å². The minimum atomic E-state index is 0.541. The minimum absolute atomic E-state index is 0.541. The lowest BCUT2D eigenvalue weighted by molar-refractivity contribution is 0.0126. The summed E-state index contributed by atoms with van der Waals surface area (Å²) in [6.07, 6.45) is 8.30. The Labute approximate surface area is 103 Å². The molecule has 0 saturated carbocycles. The molecule has 1 aliphatic rings. The van der Waals surface area contributed by atoms with Crippen LogP contribution in [0, 0.1) is 5.41 Å². The molecular weight excluding hydrogens is 194 g/mol. The van der Waals surface area contributed by atoms with Gasteiger partial charge in [-0.1, -0.05) is 33.6 Å². The first-order valence-electron chi connectivity index (χ1n) is 7.31. The fourth-order valence-electron chi connectivity index (χ4n) is 3.47. The van der Waals surface area contributed by atoms with Crippen LogP contribution in [-0.2, 0) is 0 Å². The van der Waals surface area contributed by atoms with Crippen LogP contribution >= 0.6 is 0 Å². The molecule has 0 aromatic rings. The molecule has 1 nitrogen and oxygen atoms in total. The summed E-state index contributed by atoms with van der Waals surface area (Å²) < 4.78 is 0. The molecule has 1 fully saturated rings. The van der Waals surface area contributed by atoms with Gasteiger partial charge >= 0.3 is 0 Å². The molecule has 0 spiro atoms. The van der Waals surface area contributed by atoms with E-state index in [4.69, 9.17) is 0 Å². The quantitative estimate of drug-likeness (QED) is 0.667. The average Bonchev–Trinajstić information content (AvgIpc) is 2.29. The molecule has 2 unspecified atom stereocenters. The number of hydrogen-bond acceptors (Lipinski definition) is 1. The SMILES string of the molecule is CCCC(C)(CC)C1CCCCN1C(C)C. The van der Waals surface area contributed by atoms with Crippen molar-refractivity contribution in [3.63, 3.8) is 0 Å². The van der Waals surface area contributed by atoms with Gasteiger partial charge in [0.15, 0.2) is 0 Å². The smallest absolute Gasteiger partial charge is 0.0152 e. The van der Waals surface area contributed by atoms with Crippen molar-refractivity contribution in [2.75, 3.05) is 6.54 Å². The van der Waals surface area contributed by atoms with Crippen molar-refractivity contribution < 1.29 is 0 Å². The van der Waals surface area contributed by atoms with E-state index in [0.29, 0.717) is 11.5 Å². The van der Waals surface area contributed by atoms with E-state index in [9.17, 15) is 0 Å². The maximum Gasteiger partial charge on any atom is 0.0152 e. The molecule has 1 saturated heterocycles. The summed E-state index contributed by atoms with van der Waals surface area (Å²) in [7, 11) is 0. The summed E-state index contributed by atoms with van der Waals surface area (Å²) >= 11 is 0. The zero-order chi connectivity index (χ0) is 12.2. The summed E-state index contributed by atoms with van der Waals surface area (Å²) in [6.45, 7) is 13.3. The molecular formula is C15H31N. The molecule has 96 valence electrons. The van der Waals surface area contributed by atoms with E-state index in [1.54, 1.807) is 0 Å². The fraction of sp³-hybridized carbons (Fsp3) is 1.00. The monoisotopic (exact) mass is 225 g/mol. The molecule has 1 aliphatic heterocycles. The number of likely N-dealkylation sites (tertiary alicyclic amines) is 1. The van der Waals surface area contributed by atoms with Crippen LogP contribution in [-0.4, -0.2) is 23.5 Å². The molecule has 2 atom stereocenters. The first-order chi connectivity index (χ1) is 7.55. The van der Waals surface area contributed by atoms with Crippen LogP contribution < -0.4 is 0 Å². The highest BCUT2D eigenvalue weighted by molar-refractivity contribution is 4.91. The zero-order valence-electron chi connectivity index (χ0n) is 12.1. The fourth-order valence-corrected chi connectivity index (χ4v) is 3.47. The largest absolute Gasteiger partial charge is 0.297 e. The zero-order valence-corrected chi connectivity index (χ0v) is 12.1. The van der Waals surface area contributed by atoms with Crippen molar-refractivity contribution in [1.29, 1.82) is 0 Å². The maximum absolute atomic E-state index is 2.77. The van der Waals surface area contributed by atoms with Gasteiger partial charge < -0.3 is 0 Å². The van der Waals surface area contributed by atoms with Gasteiger partial charge in [0.05, 0.1) is 0 Å². The van der Waals surface area contributed by atoms with E-state index >= 15 is 0 Å². The molecule has 1 rings (SSSR count). The second-order valence-corrected chi connectivity index (χ2v) is 6.10. The third-order valence-corrected chi connectivity index (χ3v) is 4.64. The lowest BCUT2D eigenvalue weighted by Crippen LogP contribution is -2.51. The van der Waals surface area contributed by atoms with Crippen molar-refractivity contribution >= 4 is 0 Å². The van der Waals surface area contributed by atoms with Crippen LogP contribution in [0.5, 0.6) is 0 Å². The number of rotatable bonds is 5. The Kier molecular flexibility index (Phi) is 5.30. The summed E-state index contributed by atoms with van der Waals surface area (Å²) in [5.41, 5.74) is 0.541. The standard InChI is InChI=1S/C15H31N/c1-6-11-15(5,7-2)14-10-8-9-12-16(14)13(3)4/h13-14H,6-12H2,1-5H3. The Morgan fingerprint density at radius 3 is 2.44 bits per heavy atom. The van der Waals surface area contributed by atoms with Gasteiger partial charge in [0.25, 0.3) is 0 Å². The van der Waals surface area contributed by atoms with Gasteiger partial charge in [-0.05, 0) is 51.5 Å². The van der Waals surface area contributed by atoms with Crippen LogP contribution in [0.2, 0.25) is 0 Å². The minimum Gasteiger partial charge on any atom is -0.297 e. The predicted octanol–water partition coefficient (Wildman–Crippen LogP) is 4.47. The maximum atomic E-state index is 2.77. The Morgan fingerprint density at radius 1 is 1.25 bits per heavy atom. The molecule has 0 aliphatic carbocycles. The molecule has 0 N–H and O–H groups in total. The summed E-state index contributed by atoms with van der Waals surface area (Å²) in [6, 6.07) is 1.54. The first kappa shape index (κ1) is 14.0. The van der Waals surface area contributed by atoms with Crippen molar-refractivity contribution in [1.82, 2.24) is 4.90 Å². The Bertz CT molecular complexity index is 200. The van der Waals surface area contributed by atoms with E-state index in [2.05, 4.69) is 39.5 Å². The van der Waals surface area contributed by atoms with Gasteiger partial charge in [0.1, 0.15) is 0 Å². The van der Waals surface area contributed by atoms with E-state index in [-0.39, 0.29) is 0 Å². The van der Waals surface area contributed by atoms with Gasteiger partial charge in [0.2, 0.25) is 0 Å². The average molecular weight is 225 g/mol. The third-order valence-electron chi connectivity index (χ3n) is 4.64. The van der Waals surface area contributed by atoms with Crippen LogP contribution in [0.15, 0.2) is 0 Å². The van der Waals surface area contributed by atoms with Crippen molar-refractivity contribution in [2.45, 2.75) is 85.2 Å². The number of piperidine rings is 1. The second kappa shape index (κ2) is 6.05. The lowest BCUT2D eigenvalue weighted by Gasteiger charge is -2.48. The molecule has 0 bridgehead atoms. The molecule has 0 amide bonds. The lowest BCUT2D eigenvalue weighted by atomic mass is 9.72. The van der Waals surface area contributed by atoms with Crippen molar-refractivity contribution in [3.05, 3.63) is 0 Å². The molecule has 0 aromatic carbocycles. The molecule has 0 radical (unpaired) electrons. The van der Waals surface area contributed by atoms with Gasteiger partial charge in [0, 0.05) is 12.1 Å². The highest BCUT2D eigenvalue weighted by Crippen LogP contribution is 2.39. The highest BCUT2D eigenvalue weighted by Gasteiger charge is 2.37. The van der Waals surface area contributed by atoms with E-state index < -0.39 is 0 Å². The Balaban J connectivity index is 2.79. The second-order valence-electron chi connectivity index (χ2n) is 6.10. The summed E-state index contributed by atoms with van der Waals surface area (Å²) in [5.74, 6) is 0. The molecule has 16 heavy (non-hydrogen) atoms. The van der Waals surface area contributed by atoms with Gasteiger partial charge in [-0.25, -0.2) is 0 Å². The van der Waals surface area contributed by atoms with Crippen molar-refractivity contribution in [2.24, 2.45) is 5.41 Å². The van der Waals surface area contributed by atoms with Gasteiger partial charge in [-0.3, -0.25) is 4.90 Å². The number of hydrogen-bond donors (Lipinski definition) is 0.